The van der Waals surface area contributed by atoms with Crippen molar-refractivity contribution in [1.82, 2.24) is 0 Å². The molecule has 0 heterocycles. The first-order valence-electron chi connectivity index (χ1n) is 7.85. The maximum Gasteiger partial charge on any atom is 0.0471 e. The van der Waals surface area contributed by atoms with Crippen molar-refractivity contribution in [2.24, 2.45) is 11.8 Å². The Hall–Kier alpha value is -1.90. The van der Waals surface area contributed by atoms with Gasteiger partial charge in [-0.2, -0.15) is 0 Å². The number of hydrogen-bond donors (Lipinski definition) is 2. The summed E-state index contributed by atoms with van der Waals surface area (Å²) in [7, 11) is 0. The van der Waals surface area contributed by atoms with Crippen molar-refractivity contribution in [3.05, 3.63) is 83.9 Å². The highest BCUT2D eigenvalue weighted by Crippen LogP contribution is 2.43. The molecule has 0 radical (unpaired) electrons. The number of aliphatic hydroxyl groups excluding tert-OH is 2. The molecule has 0 amide bonds. The Morgan fingerprint density at radius 1 is 0.591 bits per heavy atom. The number of aliphatic hydroxyl groups is 2. The van der Waals surface area contributed by atoms with E-state index in [1.54, 1.807) is 0 Å². The third kappa shape index (κ3) is 2.85. The molecule has 2 nitrogen and oxygen atoms in total. The second kappa shape index (κ2) is 6.91. The van der Waals surface area contributed by atoms with E-state index in [1.807, 2.05) is 36.4 Å². The Morgan fingerprint density at radius 2 is 0.955 bits per heavy atom. The quantitative estimate of drug-likeness (QED) is 0.849. The van der Waals surface area contributed by atoms with Crippen molar-refractivity contribution < 1.29 is 10.2 Å². The zero-order valence-electron chi connectivity index (χ0n) is 12.5. The zero-order chi connectivity index (χ0) is 15.4. The minimum atomic E-state index is 0.0302. The first-order valence-corrected chi connectivity index (χ1v) is 7.85. The number of hydrogen-bond acceptors (Lipinski definition) is 2. The first-order chi connectivity index (χ1) is 10.8. The van der Waals surface area contributed by atoms with E-state index in [-0.39, 0.29) is 36.9 Å². The summed E-state index contributed by atoms with van der Waals surface area (Å²) in [6.07, 6.45) is 4.39. The number of rotatable bonds is 4. The van der Waals surface area contributed by atoms with Crippen LogP contribution in [0.4, 0.5) is 0 Å². The van der Waals surface area contributed by atoms with Gasteiger partial charge in [-0.1, -0.05) is 72.8 Å². The summed E-state index contributed by atoms with van der Waals surface area (Å²) in [5.74, 6) is 0.372. The Bertz CT molecular complexity index is 551. The molecule has 0 saturated heterocycles. The third-order valence-electron chi connectivity index (χ3n) is 4.79. The van der Waals surface area contributed by atoms with Crippen LogP contribution in [0.5, 0.6) is 0 Å². The van der Waals surface area contributed by atoms with Gasteiger partial charge in [-0.25, -0.2) is 0 Å². The third-order valence-corrected chi connectivity index (χ3v) is 4.79. The SMILES string of the molecule is OC[C@@H]1[C@H](CO)[C@H](c2ccccc2)C=C[C@@H]1c1ccccc1. The molecular weight excluding hydrogens is 272 g/mol. The van der Waals surface area contributed by atoms with Crippen LogP contribution in [0.3, 0.4) is 0 Å². The van der Waals surface area contributed by atoms with E-state index < -0.39 is 0 Å². The van der Waals surface area contributed by atoms with Crippen LogP contribution in [0.2, 0.25) is 0 Å². The fraction of sp³-hybridized carbons (Fsp3) is 0.300. The molecule has 22 heavy (non-hydrogen) atoms. The van der Waals surface area contributed by atoms with Crippen LogP contribution < -0.4 is 0 Å². The summed E-state index contributed by atoms with van der Waals surface area (Å²) in [6, 6.07) is 20.5. The topological polar surface area (TPSA) is 40.5 Å². The van der Waals surface area contributed by atoms with E-state index in [0.717, 1.165) is 0 Å². The molecule has 2 heteroatoms. The van der Waals surface area contributed by atoms with E-state index in [1.165, 1.54) is 11.1 Å². The first kappa shape index (κ1) is 15.0. The van der Waals surface area contributed by atoms with E-state index >= 15 is 0 Å². The molecule has 0 unspecified atom stereocenters. The Balaban J connectivity index is 1.97. The van der Waals surface area contributed by atoms with E-state index in [9.17, 15) is 10.2 Å². The highest BCUT2D eigenvalue weighted by atomic mass is 16.3. The minimum absolute atomic E-state index is 0.0302. The van der Waals surface area contributed by atoms with Crippen LogP contribution in [0.1, 0.15) is 23.0 Å². The summed E-state index contributed by atoms with van der Waals surface area (Å²) in [6.45, 7) is 0.164. The minimum Gasteiger partial charge on any atom is -0.396 e. The molecule has 114 valence electrons. The van der Waals surface area contributed by atoms with Gasteiger partial charge in [-0.15, -0.1) is 0 Å². The van der Waals surface area contributed by atoms with Gasteiger partial charge in [0.1, 0.15) is 0 Å². The van der Waals surface area contributed by atoms with E-state index in [4.69, 9.17) is 0 Å². The van der Waals surface area contributed by atoms with Crippen LogP contribution >= 0.6 is 0 Å². The smallest absolute Gasteiger partial charge is 0.0471 e. The molecule has 3 rings (SSSR count). The average molecular weight is 294 g/mol. The van der Waals surface area contributed by atoms with Gasteiger partial charge >= 0.3 is 0 Å². The lowest BCUT2D eigenvalue weighted by molar-refractivity contribution is 0.0956. The molecule has 0 fully saturated rings. The van der Waals surface area contributed by atoms with Gasteiger partial charge < -0.3 is 10.2 Å². The van der Waals surface area contributed by atoms with Crippen molar-refractivity contribution >= 4 is 0 Å². The lowest BCUT2D eigenvalue weighted by atomic mass is 9.67. The fourth-order valence-corrected chi connectivity index (χ4v) is 3.62. The van der Waals surface area contributed by atoms with Crippen molar-refractivity contribution in [1.29, 1.82) is 0 Å². The molecule has 1 aliphatic rings. The molecular formula is C20H22O2. The molecule has 4 atom stereocenters. The maximum atomic E-state index is 9.94. The van der Waals surface area contributed by atoms with Gasteiger partial charge in [0, 0.05) is 25.0 Å². The predicted molar refractivity (Wildman–Crippen MR) is 88.7 cm³/mol. The molecule has 2 aromatic rings. The largest absolute Gasteiger partial charge is 0.396 e. The van der Waals surface area contributed by atoms with Gasteiger partial charge in [-0.05, 0) is 23.0 Å². The summed E-state index contributed by atoms with van der Waals surface area (Å²) < 4.78 is 0. The number of benzene rings is 2. The molecule has 0 saturated carbocycles. The highest BCUT2D eigenvalue weighted by Gasteiger charge is 2.36. The van der Waals surface area contributed by atoms with Gasteiger partial charge in [0.15, 0.2) is 0 Å². The molecule has 0 bridgehead atoms. The van der Waals surface area contributed by atoms with Crippen molar-refractivity contribution in [2.75, 3.05) is 13.2 Å². The summed E-state index contributed by atoms with van der Waals surface area (Å²) >= 11 is 0. The standard InChI is InChI=1S/C20H22O2/c21-13-19-17(15-7-3-1-4-8-15)11-12-18(20(19)14-22)16-9-5-2-6-10-16/h1-12,17-22H,13-14H2/t17-,18+,19+,20-. The Morgan fingerprint density at radius 3 is 1.27 bits per heavy atom. The normalized spacial score (nSPS) is 27.7. The maximum absolute atomic E-state index is 9.94. The molecule has 2 aromatic carbocycles. The van der Waals surface area contributed by atoms with Crippen molar-refractivity contribution in [2.45, 2.75) is 11.8 Å². The Kier molecular flexibility index (Phi) is 4.71. The Labute approximate surface area is 131 Å². The summed E-state index contributed by atoms with van der Waals surface area (Å²) in [5, 5.41) is 19.9. The average Bonchev–Trinajstić information content (AvgIpc) is 2.61. The lowest BCUT2D eigenvalue weighted by Gasteiger charge is -2.38. The van der Waals surface area contributed by atoms with Gasteiger partial charge in [0.2, 0.25) is 0 Å². The second-order valence-corrected chi connectivity index (χ2v) is 5.95. The van der Waals surface area contributed by atoms with Crippen LogP contribution in [-0.2, 0) is 0 Å². The predicted octanol–water partition coefficient (Wildman–Crippen LogP) is 3.34. The van der Waals surface area contributed by atoms with Crippen LogP contribution in [0, 0.1) is 11.8 Å². The summed E-state index contributed by atoms with van der Waals surface area (Å²) in [5.41, 5.74) is 2.39. The number of allylic oxidation sites excluding steroid dienone is 2. The van der Waals surface area contributed by atoms with Crippen LogP contribution in [0.25, 0.3) is 0 Å². The van der Waals surface area contributed by atoms with E-state index in [0.29, 0.717) is 0 Å². The lowest BCUT2D eigenvalue weighted by Crippen LogP contribution is -2.34. The van der Waals surface area contributed by atoms with Crippen molar-refractivity contribution in [3.63, 3.8) is 0 Å². The van der Waals surface area contributed by atoms with Crippen LogP contribution in [0.15, 0.2) is 72.8 Å². The zero-order valence-corrected chi connectivity index (χ0v) is 12.5. The van der Waals surface area contributed by atoms with E-state index in [2.05, 4.69) is 36.4 Å². The molecule has 1 aliphatic carbocycles. The highest BCUT2D eigenvalue weighted by molar-refractivity contribution is 5.33. The van der Waals surface area contributed by atoms with Crippen molar-refractivity contribution in [3.8, 4) is 0 Å². The second-order valence-electron chi connectivity index (χ2n) is 5.95. The fourth-order valence-electron chi connectivity index (χ4n) is 3.62. The van der Waals surface area contributed by atoms with Crippen LogP contribution in [-0.4, -0.2) is 23.4 Å². The monoisotopic (exact) mass is 294 g/mol. The van der Waals surface area contributed by atoms with Gasteiger partial charge in [0.05, 0.1) is 0 Å². The molecule has 2 N–H and O–H groups in total. The molecule has 0 spiro atoms. The van der Waals surface area contributed by atoms with Gasteiger partial charge in [0.25, 0.3) is 0 Å². The molecule has 0 aliphatic heterocycles. The van der Waals surface area contributed by atoms with Gasteiger partial charge in [-0.3, -0.25) is 0 Å². The molecule has 0 aromatic heterocycles. The summed E-state index contributed by atoms with van der Waals surface area (Å²) in [4.78, 5) is 0.